The van der Waals surface area contributed by atoms with Crippen molar-refractivity contribution in [2.45, 2.75) is 38.8 Å². The van der Waals surface area contributed by atoms with Gasteiger partial charge in [-0.15, -0.1) is 0 Å². The molecule has 1 aliphatic rings. The summed E-state index contributed by atoms with van der Waals surface area (Å²) in [6.07, 6.45) is 3.32. The van der Waals surface area contributed by atoms with Crippen molar-refractivity contribution in [3.63, 3.8) is 0 Å². The van der Waals surface area contributed by atoms with Gasteiger partial charge in [0.25, 0.3) is 0 Å². The fourth-order valence-electron chi connectivity index (χ4n) is 1.79. The molecule has 4 heteroatoms. The van der Waals surface area contributed by atoms with Crippen LogP contribution in [0.4, 0.5) is 4.39 Å². The van der Waals surface area contributed by atoms with Gasteiger partial charge < -0.3 is 10.1 Å². The van der Waals surface area contributed by atoms with Gasteiger partial charge in [-0.05, 0) is 32.4 Å². The third kappa shape index (κ3) is 2.32. The summed E-state index contributed by atoms with van der Waals surface area (Å²) in [5, 5.41) is 3.29. The summed E-state index contributed by atoms with van der Waals surface area (Å²) < 4.78 is 18.9. The number of nitrogens with one attached hydrogen (secondary N) is 1. The van der Waals surface area contributed by atoms with E-state index in [4.69, 9.17) is 4.74 Å². The van der Waals surface area contributed by atoms with Crippen molar-refractivity contribution in [2.75, 3.05) is 6.54 Å². The van der Waals surface area contributed by atoms with Gasteiger partial charge in [0.05, 0.1) is 6.20 Å². The van der Waals surface area contributed by atoms with Gasteiger partial charge in [-0.25, -0.2) is 4.98 Å². The molecule has 0 amide bonds. The minimum Gasteiger partial charge on any atom is -0.487 e. The molecule has 0 radical (unpaired) electrons. The van der Waals surface area contributed by atoms with Crippen molar-refractivity contribution < 1.29 is 9.13 Å². The van der Waals surface area contributed by atoms with Crippen LogP contribution in [0.3, 0.4) is 0 Å². The highest BCUT2D eigenvalue weighted by atomic mass is 19.1. The second-order valence-corrected chi connectivity index (χ2v) is 4.15. The number of aromatic nitrogens is 1. The molecule has 0 aliphatic carbocycles. The van der Waals surface area contributed by atoms with E-state index in [1.54, 1.807) is 6.07 Å². The number of halogens is 1. The molecule has 1 aromatic rings. The number of nitrogens with zero attached hydrogens (tertiary/aromatic N) is 1. The standard InChI is InChI=1S/C12H17FN2O/c1-3-9-6-10(7-15-12(9)13)16-8(2)11-4-5-14-11/h6-8,11,14H,3-5H2,1-2H3/t8?,11-/m1/s1. The van der Waals surface area contributed by atoms with Gasteiger partial charge in [0.1, 0.15) is 11.9 Å². The topological polar surface area (TPSA) is 34.1 Å². The molecule has 0 spiro atoms. The van der Waals surface area contributed by atoms with Crippen LogP contribution in [0.2, 0.25) is 0 Å². The molecule has 16 heavy (non-hydrogen) atoms. The molecule has 1 unspecified atom stereocenters. The predicted molar refractivity (Wildman–Crippen MR) is 60.1 cm³/mol. The average Bonchev–Trinajstić information content (AvgIpc) is 2.18. The molecule has 3 nitrogen and oxygen atoms in total. The van der Waals surface area contributed by atoms with E-state index in [-0.39, 0.29) is 6.10 Å². The molecular formula is C12H17FN2O. The summed E-state index contributed by atoms with van der Waals surface area (Å²) in [7, 11) is 0. The molecule has 2 atom stereocenters. The van der Waals surface area contributed by atoms with Crippen molar-refractivity contribution in [3.05, 3.63) is 23.8 Å². The summed E-state index contributed by atoms with van der Waals surface area (Å²) in [5.41, 5.74) is 0.603. The van der Waals surface area contributed by atoms with Gasteiger partial charge in [0.15, 0.2) is 0 Å². The highest BCUT2D eigenvalue weighted by molar-refractivity contribution is 5.25. The minimum atomic E-state index is -0.399. The fourth-order valence-corrected chi connectivity index (χ4v) is 1.79. The molecule has 1 fully saturated rings. The molecule has 88 valence electrons. The normalized spacial score (nSPS) is 21.3. The summed E-state index contributed by atoms with van der Waals surface area (Å²) in [5.74, 6) is 0.253. The maximum atomic E-state index is 13.2. The number of aryl methyl sites for hydroxylation is 1. The van der Waals surface area contributed by atoms with Crippen LogP contribution in [-0.2, 0) is 6.42 Å². The molecule has 1 N–H and O–H groups in total. The molecule has 2 heterocycles. The van der Waals surface area contributed by atoms with E-state index >= 15 is 0 Å². The van der Waals surface area contributed by atoms with Gasteiger partial charge in [0, 0.05) is 11.6 Å². The van der Waals surface area contributed by atoms with E-state index in [9.17, 15) is 4.39 Å². The maximum Gasteiger partial charge on any atom is 0.216 e. The Morgan fingerprint density at radius 1 is 1.69 bits per heavy atom. The van der Waals surface area contributed by atoms with Crippen LogP contribution in [0.5, 0.6) is 5.75 Å². The molecule has 1 saturated heterocycles. The van der Waals surface area contributed by atoms with Gasteiger partial charge >= 0.3 is 0 Å². The van der Waals surface area contributed by atoms with E-state index in [1.165, 1.54) is 6.20 Å². The first-order valence-corrected chi connectivity index (χ1v) is 5.75. The van der Waals surface area contributed by atoms with Crippen LogP contribution >= 0.6 is 0 Å². The molecule has 2 rings (SSSR count). The number of hydrogen-bond donors (Lipinski definition) is 1. The summed E-state index contributed by atoms with van der Waals surface area (Å²) in [4.78, 5) is 3.69. The average molecular weight is 224 g/mol. The molecule has 1 aromatic heterocycles. The Labute approximate surface area is 95.0 Å². The SMILES string of the molecule is CCc1cc(OC(C)[C@H]2CCN2)cnc1F. The molecule has 0 bridgehead atoms. The Bertz CT molecular complexity index is 366. The molecule has 0 saturated carbocycles. The summed E-state index contributed by atoms with van der Waals surface area (Å²) in [6, 6.07) is 2.15. The van der Waals surface area contributed by atoms with E-state index in [2.05, 4.69) is 10.3 Å². The number of hydrogen-bond acceptors (Lipinski definition) is 3. The van der Waals surface area contributed by atoms with Crippen LogP contribution in [0.15, 0.2) is 12.3 Å². The van der Waals surface area contributed by atoms with E-state index in [1.807, 2.05) is 13.8 Å². The lowest BCUT2D eigenvalue weighted by Crippen LogP contribution is -2.51. The largest absolute Gasteiger partial charge is 0.487 e. The van der Waals surface area contributed by atoms with Crippen molar-refractivity contribution in [1.29, 1.82) is 0 Å². The lowest BCUT2D eigenvalue weighted by Gasteiger charge is -2.33. The first-order valence-electron chi connectivity index (χ1n) is 5.75. The maximum absolute atomic E-state index is 13.2. The first kappa shape index (κ1) is 11.3. The Balaban J connectivity index is 2.03. The van der Waals surface area contributed by atoms with Crippen molar-refractivity contribution >= 4 is 0 Å². The van der Waals surface area contributed by atoms with Gasteiger partial charge in [-0.2, -0.15) is 4.39 Å². The van der Waals surface area contributed by atoms with Crippen LogP contribution < -0.4 is 10.1 Å². The number of rotatable bonds is 4. The highest BCUT2D eigenvalue weighted by Crippen LogP contribution is 2.19. The Hall–Kier alpha value is -1.16. The smallest absolute Gasteiger partial charge is 0.216 e. The molecular weight excluding hydrogens is 207 g/mol. The van der Waals surface area contributed by atoms with Gasteiger partial charge in [0.2, 0.25) is 5.95 Å². The molecule has 1 aliphatic heterocycles. The fraction of sp³-hybridized carbons (Fsp3) is 0.583. The lowest BCUT2D eigenvalue weighted by atomic mass is 10.0. The molecule has 0 aromatic carbocycles. The van der Waals surface area contributed by atoms with Crippen LogP contribution in [0.1, 0.15) is 25.8 Å². The zero-order valence-corrected chi connectivity index (χ0v) is 9.66. The Morgan fingerprint density at radius 3 is 3.00 bits per heavy atom. The van der Waals surface area contributed by atoms with Crippen molar-refractivity contribution in [1.82, 2.24) is 10.3 Å². The van der Waals surface area contributed by atoms with Crippen LogP contribution in [-0.4, -0.2) is 23.7 Å². The zero-order valence-electron chi connectivity index (χ0n) is 9.66. The Morgan fingerprint density at radius 2 is 2.44 bits per heavy atom. The van der Waals surface area contributed by atoms with E-state index < -0.39 is 5.95 Å². The van der Waals surface area contributed by atoms with Crippen LogP contribution in [0.25, 0.3) is 0 Å². The first-order chi connectivity index (χ1) is 7.70. The lowest BCUT2D eigenvalue weighted by molar-refractivity contribution is 0.133. The van der Waals surface area contributed by atoms with Crippen molar-refractivity contribution in [2.24, 2.45) is 0 Å². The van der Waals surface area contributed by atoms with Gasteiger partial charge in [-0.3, -0.25) is 0 Å². The third-order valence-electron chi connectivity index (χ3n) is 3.02. The predicted octanol–water partition coefficient (Wildman–Crippen LogP) is 1.91. The quantitative estimate of drug-likeness (QED) is 0.793. The number of ether oxygens (including phenoxy) is 1. The highest BCUT2D eigenvalue weighted by Gasteiger charge is 2.24. The Kier molecular flexibility index (Phi) is 3.39. The van der Waals surface area contributed by atoms with E-state index in [0.717, 1.165) is 13.0 Å². The summed E-state index contributed by atoms with van der Waals surface area (Å²) >= 11 is 0. The van der Waals surface area contributed by atoms with Gasteiger partial charge in [-0.1, -0.05) is 6.92 Å². The third-order valence-corrected chi connectivity index (χ3v) is 3.02. The summed E-state index contributed by atoms with van der Waals surface area (Å²) in [6.45, 7) is 4.98. The number of pyridine rings is 1. The second kappa shape index (κ2) is 4.78. The minimum absolute atomic E-state index is 0.103. The van der Waals surface area contributed by atoms with Crippen LogP contribution in [0, 0.1) is 5.95 Å². The van der Waals surface area contributed by atoms with E-state index in [0.29, 0.717) is 23.8 Å². The van der Waals surface area contributed by atoms with Crippen molar-refractivity contribution in [3.8, 4) is 5.75 Å². The monoisotopic (exact) mass is 224 g/mol. The second-order valence-electron chi connectivity index (χ2n) is 4.15. The zero-order chi connectivity index (χ0) is 11.5.